The number of rotatable bonds is 7. The molecule has 21 heavy (non-hydrogen) atoms. The van der Waals surface area contributed by atoms with Crippen LogP contribution in [0.25, 0.3) is 0 Å². The predicted molar refractivity (Wildman–Crippen MR) is 80.7 cm³/mol. The van der Waals surface area contributed by atoms with E-state index in [4.69, 9.17) is 0 Å². The fourth-order valence-corrected chi connectivity index (χ4v) is 2.73. The zero-order valence-corrected chi connectivity index (χ0v) is 12.4. The number of aromatic nitrogens is 3. The van der Waals surface area contributed by atoms with Crippen LogP contribution in [0.15, 0.2) is 30.3 Å². The first kappa shape index (κ1) is 14.2. The molecule has 0 radical (unpaired) electrons. The van der Waals surface area contributed by atoms with Gasteiger partial charge in [0.05, 0.1) is 13.2 Å². The maximum absolute atomic E-state index is 9.30. The van der Waals surface area contributed by atoms with E-state index in [2.05, 4.69) is 31.8 Å². The van der Waals surface area contributed by atoms with Crippen molar-refractivity contribution in [3.63, 3.8) is 0 Å². The van der Waals surface area contributed by atoms with Crippen LogP contribution in [-0.4, -0.2) is 37.9 Å². The molecule has 1 aromatic carbocycles. The third kappa shape index (κ3) is 3.49. The largest absolute Gasteiger partial charge is 0.395 e. The highest BCUT2D eigenvalue weighted by molar-refractivity contribution is 5.14. The highest BCUT2D eigenvalue weighted by Crippen LogP contribution is 2.36. The average Bonchev–Trinajstić information content (AvgIpc) is 3.25. The minimum atomic E-state index is 0.156. The Kier molecular flexibility index (Phi) is 4.31. The molecule has 0 amide bonds. The zero-order valence-electron chi connectivity index (χ0n) is 12.4. The van der Waals surface area contributed by atoms with Crippen molar-refractivity contribution < 1.29 is 5.11 Å². The molecule has 1 heterocycles. The van der Waals surface area contributed by atoms with E-state index in [0.717, 1.165) is 24.7 Å². The Morgan fingerprint density at radius 1 is 1.19 bits per heavy atom. The summed E-state index contributed by atoms with van der Waals surface area (Å²) in [6.45, 7) is 4.36. The van der Waals surface area contributed by atoms with Crippen LogP contribution >= 0.6 is 0 Å². The van der Waals surface area contributed by atoms with Crippen LogP contribution in [0.3, 0.4) is 0 Å². The normalized spacial score (nSPS) is 14.8. The molecule has 1 fully saturated rings. The monoisotopic (exact) mass is 286 g/mol. The lowest BCUT2D eigenvalue weighted by atomic mass is 10.2. The van der Waals surface area contributed by atoms with Crippen molar-refractivity contribution in [1.29, 1.82) is 0 Å². The van der Waals surface area contributed by atoms with E-state index in [9.17, 15) is 5.11 Å². The maximum atomic E-state index is 9.30. The minimum absolute atomic E-state index is 0.156. The van der Waals surface area contributed by atoms with Crippen LogP contribution in [0, 0.1) is 6.92 Å². The van der Waals surface area contributed by atoms with Gasteiger partial charge in [0.15, 0.2) is 0 Å². The molecule has 1 N–H and O–H groups in total. The van der Waals surface area contributed by atoms with Crippen LogP contribution in [0.4, 0.5) is 0 Å². The van der Waals surface area contributed by atoms with Crippen LogP contribution in [0.2, 0.25) is 0 Å². The number of aliphatic hydroxyl groups excluding tert-OH is 1. The molecule has 0 bridgehead atoms. The van der Waals surface area contributed by atoms with Gasteiger partial charge in [0.25, 0.3) is 0 Å². The van der Waals surface area contributed by atoms with Gasteiger partial charge in [0.2, 0.25) is 0 Å². The van der Waals surface area contributed by atoms with Crippen LogP contribution in [0.1, 0.15) is 36.1 Å². The molecule has 1 aliphatic carbocycles. The number of hydrogen-bond acceptors (Lipinski definition) is 4. The van der Waals surface area contributed by atoms with Crippen LogP contribution in [-0.2, 0) is 13.1 Å². The van der Waals surface area contributed by atoms with Gasteiger partial charge in [0.1, 0.15) is 11.6 Å². The number of nitrogens with zero attached hydrogens (tertiary/aromatic N) is 4. The third-order valence-corrected chi connectivity index (χ3v) is 3.88. The quantitative estimate of drug-likeness (QED) is 0.845. The molecule has 1 saturated carbocycles. The maximum Gasteiger partial charge on any atom is 0.147 e. The molecule has 3 rings (SSSR count). The van der Waals surface area contributed by atoms with Crippen molar-refractivity contribution >= 4 is 0 Å². The molecule has 0 saturated heterocycles. The average molecular weight is 286 g/mol. The Hall–Kier alpha value is -1.72. The second-order valence-electron chi connectivity index (χ2n) is 5.68. The number of benzene rings is 1. The lowest BCUT2D eigenvalue weighted by molar-refractivity contribution is 0.179. The first-order valence-corrected chi connectivity index (χ1v) is 7.55. The van der Waals surface area contributed by atoms with E-state index in [1.807, 2.05) is 25.1 Å². The molecule has 2 aromatic rings. The Labute approximate surface area is 125 Å². The summed E-state index contributed by atoms with van der Waals surface area (Å²) < 4.78 is 2.26. The fourth-order valence-electron chi connectivity index (χ4n) is 2.73. The standard InChI is InChI=1S/C16H22N4O/c1-13-17-18-16(20(13)15-7-8-15)12-19(9-10-21)11-14-5-3-2-4-6-14/h2-6,15,21H,7-12H2,1H3. The lowest BCUT2D eigenvalue weighted by Gasteiger charge is -2.21. The van der Waals surface area contributed by atoms with Crippen molar-refractivity contribution in [2.75, 3.05) is 13.2 Å². The van der Waals surface area contributed by atoms with Gasteiger partial charge in [-0.15, -0.1) is 10.2 Å². The summed E-state index contributed by atoms with van der Waals surface area (Å²) >= 11 is 0. The molecule has 5 heteroatoms. The number of aliphatic hydroxyl groups is 1. The first-order valence-electron chi connectivity index (χ1n) is 7.55. The van der Waals surface area contributed by atoms with Gasteiger partial charge >= 0.3 is 0 Å². The smallest absolute Gasteiger partial charge is 0.147 e. The summed E-state index contributed by atoms with van der Waals surface area (Å²) in [7, 11) is 0. The van der Waals surface area contributed by atoms with Crippen LogP contribution < -0.4 is 0 Å². The summed E-state index contributed by atoms with van der Waals surface area (Å²) in [5, 5.41) is 17.9. The summed E-state index contributed by atoms with van der Waals surface area (Å²) in [5.41, 5.74) is 1.25. The van der Waals surface area contributed by atoms with Crippen molar-refractivity contribution in [2.24, 2.45) is 0 Å². The van der Waals surface area contributed by atoms with Gasteiger partial charge in [0, 0.05) is 19.1 Å². The first-order chi connectivity index (χ1) is 10.3. The van der Waals surface area contributed by atoms with Crippen molar-refractivity contribution in [3.8, 4) is 0 Å². The van der Waals surface area contributed by atoms with E-state index in [1.165, 1.54) is 18.4 Å². The van der Waals surface area contributed by atoms with Crippen molar-refractivity contribution in [3.05, 3.63) is 47.5 Å². The molecule has 5 nitrogen and oxygen atoms in total. The third-order valence-electron chi connectivity index (χ3n) is 3.88. The molecule has 0 spiro atoms. The van der Waals surface area contributed by atoms with Gasteiger partial charge in [-0.05, 0) is 25.3 Å². The SMILES string of the molecule is Cc1nnc(CN(CCO)Cc2ccccc2)n1C1CC1. The fraction of sp³-hybridized carbons (Fsp3) is 0.500. The van der Waals surface area contributed by atoms with Gasteiger partial charge in [-0.1, -0.05) is 30.3 Å². The summed E-state index contributed by atoms with van der Waals surface area (Å²) in [6, 6.07) is 10.9. The van der Waals surface area contributed by atoms with E-state index in [1.54, 1.807) is 0 Å². The molecule has 0 unspecified atom stereocenters. The predicted octanol–water partition coefficient (Wildman–Crippen LogP) is 1.92. The van der Waals surface area contributed by atoms with E-state index in [0.29, 0.717) is 12.6 Å². The Morgan fingerprint density at radius 2 is 1.95 bits per heavy atom. The number of hydrogen-bond donors (Lipinski definition) is 1. The van der Waals surface area contributed by atoms with Gasteiger partial charge < -0.3 is 9.67 Å². The molecular formula is C16H22N4O. The topological polar surface area (TPSA) is 54.2 Å². The molecule has 0 atom stereocenters. The summed E-state index contributed by atoms with van der Waals surface area (Å²) in [5.74, 6) is 2.01. The summed E-state index contributed by atoms with van der Waals surface area (Å²) in [6.07, 6.45) is 2.45. The second kappa shape index (κ2) is 6.37. The second-order valence-corrected chi connectivity index (χ2v) is 5.68. The van der Waals surface area contributed by atoms with Crippen molar-refractivity contribution in [1.82, 2.24) is 19.7 Å². The Bertz CT molecular complexity index is 577. The van der Waals surface area contributed by atoms with E-state index >= 15 is 0 Å². The zero-order chi connectivity index (χ0) is 14.7. The van der Waals surface area contributed by atoms with Crippen molar-refractivity contribution in [2.45, 2.75) is 38.9 Å². The molecule has 0 aliphatic heterocycles. The molecule has 112 valence electrons. The van der Waals surface area contributed by atoms with Gasteiger partial charge in [-0.2, -0.15) is 0 Å². The Morgan fingerprint density at radius 3 is 2.62 bits per heavy atom. The van der Waals surface area contributed by atoms with Gasteiger partial charge in [-0.3, -0.25) is 4.90 Å². The molecule has 1 aliphatic rings. The number of aryl methyl sites for hydroxylation is 1. The molecular weight excluding hydrogens is 264 g/mol. The Balaban J connectivity index is 1.73. The minimum Gasteiger partial charge on any atom is -0.395 e. The molecule has 1 aromatic heterocycles. The van der Waals surface area contributed by atoms with Crippen LogP contribution in [0.5, 0.6) is 0 Å². The van der Waals surface area contributed by atoms with Gasteiger partial charge in [-0.25, -0.2) is 0 Å². The highest BCUT2D eigenvalue weighted by Gasteiger charge is 2.28. The summed E-state index contributed by atoms with van der Waals surface area (Å²) in [4.78, 5) is 2.22. The highest BCUT2D eigenvalue weighted by atomic mass is 16.3. The van der Waals surface area contributed by atoms with E-state index < -0.39 is 0 Å². The van der Waals surface area contributed by atoms with E-state index in [-0.39, 0.29) is 6.61 Å². The lowest BCUT2D eigenvalue weighted by Crippen LogP contribution is -2.27.